The molecule has 4 rings (SSSR count). The summed E-state index contributed by atoms with van der Waals surface area (Å²) in [6.45, 7) is 3.82. The van der Waals surface area contributed by atoms with E-state index in [0.29, 0.717) is 38.3 Å². The molecule has 0 radical (unpaired) electrons. The van der Waals surface area contributed by atoms with Crippen LogP contribution in [0.15, 0.2) is 48.8 Å². The van der Waals surface area contributed by atoms with Gasteiger partial charge in [-0.25, -0.2) is 4.39 Å². The number of piperazine rings is 1. The van der Waals surface area contributed by atoms with Crippen LogP contribution in [0, 0.1) is 5.82 Å². The Bertz CT molecular complexity index is 835. The summed E-state index contributed by atoms with van der Waals surface area (Å²) in [4.78, 5) is 35.3. The van der Waals surface area contributed by atoms with Crippen molar-refractivity contribution in [3.05, 3.63) is 65.7 Å². The van der Waals surface area contributed by atoms with Crippen LogP contribution in [0.5, 0.6) is 0 Å². The molecule has 2 aliphatic rings. The van der Waals surface area contributed by atoms with E-state index >= 15 is 0 Å². The highest BCUT2D eigenvalue weighted by atomic mass is 19.1. The molecule has 2 saturated heterocycles. The van der Waals surface area contributed by atoms with Gasteiger partial charge in [0.2, 0.25) is 5.91 Å². The summed E-state index contributed by atoms with van der Waals surface area (Å²) in [5.41, 5.74) is 1.53. The molecule has 1 unspecified atom stereocenters. The van der Waals surface area contributed by atoms with Crippen LogP contribution in [0.3, 0.4) is 0 Å². The maximum Gasteiger partial charge on any atom is 0.253 e. The minimum atomic E-state index is -0.350. The first-order valence-corrected chi connectivity index (χ1v) is 9.58. The van der Waals surface area contributed by atoms with Crippen LogP contribution in [0.1, 0.15) is 22.3 Å². The van der Waals surface area contributed by atoms with Crippen molar-refractivity contribution in [2.45, 2.75) is 19.0 Å². The molecule has 1 atom stereocenters. The molecule has 2 fully saturated rings. The van der Waals surface area contributed by atoms with Crippen molar-refractivity contribution in [3.8, 4) is 0 Å². The van der Waals surface area contributed by atoms with E-state index < -0.39 is 0 Å². The molecule has 6 nitrogen and oxygen atoms in total. The number of likely N-dealkylation sites (tertiary alicyclic amines) is 1. The summed E-state index contributed by atoms with van der Waals surface area (Å²) < 4.78 is 13.1. The Balaban J connectivity index is 1.32. The fraction of sp³-hybridized carbons (Fsp3) is 0.381. The van der Waals surface area contributed by atoms with Gasteiger partial charge in [0.05, 0.1) is 6.04 Å². The van der Waals surface area contributed by atoms with Gasteiger partial charge in [-0.05, 0) is 42.3 Å². The van der Waals surface area contributed by atoms with Gasteiger partial charge in [0.1, 0.15) is 5.82 Å². The molecule has 1 aromatic carbocycles. The number of nitrogens with zero attached hydrogens (tertiary/aromatic N) is 4. The number of benzene rings is 1. The average Bonchev–Trinajstić information content (AvgIpc) is 3.09. The molecule has 2 aromatic rings. The number of pyridine rings is 1. The normalized spacial score (nSPS) is 20.6. The smallest absolute Gasteiger partial charge is 0.253 e. The van der Waals surface area contributed by atoms with Gasteiger partial charge in [0.15, 0.2) is 0 Å². The zero-order valence-corrected chi connectivity index (χ0v) is 15.6. The van der Waals surface area contributed by atoms with E-state index in [9.17, 15) is 14.0 Å². The quantitative estimate of drug-likeness (QED) is 0.809. The Morgan fingerprint density at radius 1 is 1.07 bits per heavy atom. The number of rotatable bonds is 4. The summed E-state index contributed by atoms with van der Waals surface area (Å²) >= 11 is 0. The zero-order chi connectivity index (χ0) is 19.5. The van der Waals surface area contributed by atoms with E-state index in [2.05, 4.69) is 9.88 Å². The highest BCUT2D eigenvalue weighted by Gasteiger charge is 2.37. The molecule has 3 heterocycles. The number of hydrogen-bond acceptors (Lipinski definition) is 4. The first kappa shape index (κ1) is 18.6. The Kier molecular flexibility index (Phi) is 5.34. The van der Waals surface area contributed by atoms with Crippen LogP contribution >= 0.6 is 0 Å². The fourth-order valence-corrected chi connectivity index (χ4v) is 3.94. The minimum Gasteiger partial charge on any atom is -0.337 e. The summed E-state index contributed by atoms with van der Waals surface area (Å²) in [5, 5.41) is 0. The van der Waals surface area contributed by atoms with Gasteiger partial charge in [0.25, 0.3) is 5.91 Å². The van der Waals surface area contributed by atoms with Crippen LogP contribution in [0.25, 0.3) is 0 Å². The third kappa shape index (κ3) is 3.89. The predicted octanol–water partition coefficient (Wildman–Crippen LogP) is 1.78. The molecule has 146 valence electrons. The lowest BCUT2D eigenvalue weighted by atomic mass is 10.1. The van der Waals surface area contributed by atoms with Crippen molar-refractivity contribution in [2.24, 2.45) is 0 Å². The topological polar surface area (TPSA) is 56.8 Å². The molecule has 7 heteroatoms. The molecular formula is C21H23FN4O2. The Hall–Kier alpha value is -2.80. The van der Waals surface area contributed by atoms with E-state index in [1.54, 1.807) is 17.3 Å². The van der Waals surface area contributed by atoms with Gasteiger partial charge in [-0.1, -0.05) is 6.07 Å². The first-order chi connectivity index (χ1) is 13.6. The lowest BCUT2D eigenvalue weighted by molar-refractivity contribution is -0.133. The second kappa shape index (κ2) is 8.06. The van der Waals surface area contributed by atoms with Crippen LogP contribution in [0.4, 0.5) is 4.39 Å². The van der Waals surface area contributed by atoms with Crippen LogP contribution in [-0.2, 0) is 11.3 Å². The van der Waals surface area contributed by atoms with E-state index in [1.807, 2.05) is 17.0 Å². The Labute approximate surface area is 163 Å². The summed E-state index contributed by atoms with van der Waals surface area (Å²) in [5.74, 6) is -0.283. The van der Waals surface area contributed by atoms with Gasteiger partial charge < -0.3 is 9.80 Å². The highest BCUT2D eigenvalue weighted by molar-refractivity contribution is 5.94. The monoisotopic (exact) mass is 382 g/mol. The van der Waals surface area contributed by atoms with E-state index in [4.69, 9.17) is 0 Å². The molecule has 0 saturated carbocycles. The molecule has 2 amide bonds. The third-order valence-electron chi connectivity index (χ3n) is 5.50. The summed E-state index contributed by atoms with van der Waals surface area (Å²) in [7, 11) is 0. The molecule has 1 aromatic heterocycles. The second-order valence-corrected chi connectivity index (χ2v) is 7.26. The number of hydrogen-bond donors (Lipinski definition) is 0. The van der Waals surface area contributed by atoms with Gasteiger partial charge in [0, 0.05) is 57.2 Å². The van der Waals surface area contributed by atoms with Crippen LogP contribution < -0.4 is 0 Å². The lowest BCUT2D eigenvalue weighted by Crippen LogP contribution is -2.53. The Morgan fingerprint density at radius 3 is 2.50 bits per heavy atom. The van der Waals surface area contributed by atoms with Crippen molar-refractivity contribution in [1.82, 2.24) is 19.7 Å². The molecule has 2 aliphatic heterocycles. The number of aromatic nitrogens is 1. The fourth-order valence-electron chi connectivity index (χ4n) is 3.94. The van der Waals surface area contributed by atoms with Crippen molar-refractivity contribution < 1.29 is 14.0 Å². The predicted molar refractivity (Wildman–Crippen MR) is 102 cm³/mol. The van der Waals surface area contributed by atoms with Gasteiger partial charge in [-0.15, -0.1) is 0 Å². The summed E-state index contributed by atoms with van der Waals surface area (Å²) in [6.07, 6.45) is 4.33. The van der Waals surface area contributed by atoms with Crippen molar-refractivity contribution >= 4 is 11.8 Å². The van der Waals surface area contributed by atoms with Crippen molar-refractivity contribution in [3.63, 3.8) is 0 Å². The minimum absolute atomic E-state index is 0.0874. The number of carbonyl (C=O) groups excluding carboxylic acids is 2. The Morgan fingerprint density at radius 2 is 1.82 bits per heavy atom. The van der Waals surface area contributed by atoms with E-state index in [-0.39, 0.29) is 23.7 Å². The molecule has 0 spiro atoms. The van der Waals surface area contributed by atoms with E-state index in [1.165, 1.54) is 24.3 Å². The van der Waals surface area contributed by atoms with Crippen LogP contribution in [0.2, 0.25) is 0 Å². The first-order valence-electron chi connectivity index (χ1n) is 9.58. The van der Waals surface area contributed by atoms with Crippen molar-refractivity contribution in [2.75, 3.05) is 32.7 Å². The third-order valence-corrected chi connectivity index (χ3v) is 5.50. The molecule has 0 bridgehead atoms. The maximum absolute atomic E-state index is 13.1. The molecule has 28 heavy (non-hydrogen) atoms. The van der Waals surface area contributed by atoms with Gasteiger partial charge >= 0.3 is 0 Å². The SMILES string of the molecule is O=C(c1ccc(F)cc1)N1CCN(C2CCN(Cc3cccnc3)C2=O)CC1. The van der Waals surface area contributed by atoms with Gasteiger partial charge in [-0.2, -0.15) is 0 Å². The number of halogens is 1. The van der Waals surface area contributed by atoms with Crippen LogP contribution in [-0.4, -0.2) is 70.3 Å². The average molecular weight is 382 g/mol. The molecular weight excluding hydrogens is 359 g/mol. The van der Waals surface area contributed by atoms with Crippen molar-refractivity contribution in [1.29, 1.82) is 0 Å². The molecule has 0 aliphatic carbocycles. The van der Waals surface area contributed by atoms with Gasteiger partial charge in [-0.3, -0.25) is 19.5 Å². The number of carbonyl (C=O) groups is 2. The van der Waals surface area contributed by atoms with E-state index in [0.717, 1.165) is 18.5 Å². The second-order valence-electron chi connectivity index (χ2n) is 7.26. The number of amides is 2. The largest absolute Gasteiger partial charge is 0.337 e. The molecule has 0 N–H and O–H groups in total. The summed E-state index contributed by atoms with van der Waals surface area (Å²) in [6, 6.07) is 9.38. The highest BCUT2D eigenvalue weighted by Crippen LogP contribution is 2.21. The lowest BCUT2D eigenvalue weighted by Gasteiger charge is -2.37. The zero-order valence-electron chi connectivity index (χ0n) is 15.6. The maximum atomic E-state index is 13.1. The standard InChI is InChI=1S/C21H23FN4O2/c22-18-5-3-17(4-6-18)20(27)25-12-10-24(11-13-25)19-7-9-26(21(19)28)15-16-2-1-8-23-14-16/h1-6,8,14,19H,7,9-13,15H2.